The molecule has 1 fully saturated rings. The molecule has 1 unspecified atom stereocenters. The van der Waals surface area contributed by atoms with E-state index in [2.05, 4.69) is 15.9 Å². The molecule has 1 atom stereocenters. The number of carbonyl (C=O) groups is 2. The normalized spacial score (nSPS) is 18.9. The number of Topliss-reactive ketones (excluding diaryl/α,β-unsaturated/α-hetero) is 1. The Labute approximate surface area is 164 Å². The molecule has 0 spiro atoms. The number of ether oxygens (including phenoxy) is 1. The Morgan fingerprint density at radius 2 is 1.78 bits per heavy atom. The van der Waals surface area contributed by atoms with Crippen molar-refractivity contribution in [2.24, 2.45) is 0 Å². The van der Waals surface area contributed by atoms with Gasteiger partial charge in [0.1, 0.15) is 11.6 Å². The van der Waals surface area contributed by atoms with Crippen LogP contribution in [-0.4, -0.2) is 42.0 Å². The highest BCUT2D eigenvalue weighted by molar-refractivity contribution is 9.10. The summed E-state index contributed by atoms with van der Waals surface area (Å²) in [5.74, 6) is -2.20. The van der Waals surface area contributed by atoms with Crippen LogP contribution in [0.3, 0.4) is 0 Å². The monoisotopic (exact) mass is 433 g/mol. The first-order valence-electron chi connectivity index (χ1n) is 8.22. The van der Waals surface area contributed by atoms with E-state index in [0.29, 0.717) is 11.1 Å². The molecule has 0 aliphatic carbocycles. The van der Waals surface area contributed by atoms with E-state index in [1.165, 1.54) is 36.3 Å². The van der Waals surface area contributed by atoms with Crippen LogP contribution >= 0.6 is 15.9 Å². The maximum Gasteiger partial charge on any atom is 0.295 e. The number of likely N-dealkylation sites (tertiary alicyclic amines) is 1. The number of aliphatic hydroxyl groups excluding tert-OH is 1. The molecule has 1 aliphatic heterocycles. The fraction of sp³-hybridized carbons (Fsp3) is 0.200. The summed E-state index contributed by atoms with van der Waals surface area (Å²) in [6.45, 7) is 0.392. The predicted molar refractivity (Wildman–Crippen MR) is 101 cm³/mol. The molecule has 2 aromatic rings. The fourth-order valence-corrected chi connectivity index (χ4v) is 3.32. The number of hydrogen-bond donors (Lipinski definition) is 1. The smallest absolute Gasteiger partial charge is 0.295 e. The zero-order chi connectivity index (χ0) is 19.6. The van der Waals surface area contributed by atoms with Gasteiger partial charge < -0.3 is 14.7 Å². The van der Waals surface area contributed by atoms with Crippen molar-refractivity contribution in [1.82, 2.24) is 4.90 Å². The van der Waals surface area contributed by atoms with E-state index < -0.39 is 23.5 Å². The number of ketones is 1. The molecule has 0 saturated carbocycles. The van der Waals surface area contributed by atoms with Crippen LogP contribution in [0.4, 0.5) is 4.39 Å². The van der Waals surface area contributed by atoms with Gasteiger partial charge in [0.2, 0.25) is 0 Å². The van der Waals surface area contributed by atoms with Gasteiger partial charge in [0.15, 0.2) is 0 Å². The lowest BCUT2D eigenvalue weighted by atomic mass is 9.95. The van der Waals surface area contributed by atoms with Crippen LogP contribution in [0.15, 0.2) is 58.6 Å². The van der Waals surface area contributed by atoms with Crippen LogP contribution in [0.2, 0.25) is 0 Å². The summed E-state index contributed by atoms with van der Waals surface area (Å²) >= 11 is 3.32. The molecule has 7 heteroatoms. The first-order chi connectivity index (χ1) is 12.9. The number of benzene rings is 2. The van der Waals surface area contributed by atoms with Gasteiger partial charge in [-0.1, -0.05) is 40.2 Å². The molecule has 1 amide bonds. The molecule has 0 aromatic heterocycles. The van der Waals surface area contributed by atoms with Crippen molar-refractivity contribution in [3.63, 3.8) is 0 Å². The molecule has 0 radical (unpaired) electrons. The lowest BCUT2D eigenvalue weighted by Crippen LogP contribution is -2.32. The summed E-state index contributed by atoms with van der Waals surface area (Å²) in [5, 5.41) is 10.8. The minimum absolute atomic E-state index is 0.0231. The molecule has 27 heavy (non-hydrogen) atoms. The van der Waals surface area contributed by atoms with Gasteiger partial charge in [0, 0.05) is 23.7 Å². The van der Waals surface area contributed by atoms with Crippen molar-refractivity contribution in [3.05, 3.63) is 75.5 Å². The van der Waals surface area contributed by atoms with E-state index in [0.717, 1.165) is 4.47 Å². The second kappa shape index (κ2) is 8.02. The zero-order valence-electron chi connectivity index (χ0n) is 14.5. The summed E-state index contributed by atoms with van der Waals surface area (Å²) in [6, 6.07) is 11.4. The Bertz CT molecular complexity index is 893. The van der Waals surface area contributed by atoms with Crippen molar-refractivity contribution >= 4 is 33.4 Å². The largest absolute Gasteiger partial charge is 0.507 e. The van der Waals surface area contributed by atoms with Gasteiger partial charge in [-0.25, -0.2) is 4.39 Å². The van der Waals surface area contributed by atoms with Gasteiger partial charge in [-0.05, 0) is 29.8 Å². The van der Waals surface area contributed by atoms with E-state index in [9.17, 15) is 19.1 Å². The van der Waals surface area contributed by atoms with E-state index in [4.69, 9.17) is 4.74 Å². The SMILES string of the molecule is COCCN1C(=O)C(=O)/C(=C(\O)c2ccc(Br)cc2)C1c1ccc(F)cc1. The third-order valence-corrected chi connectivity index (χ3v) is 4.91. The Kier molecular flexibility index (Phi) is 5.72. The van der Waals surface area contributed by atoms with Gasteiger partial charge in [-0.3, -0.25) is 9.59 Å². The van der Waals surface area contributed by atoms with Crippen molar-refractivity contribution in [2.75, 3.05) is 20.3 Å². The molecule has 140 valence electrons. The standard InChI is InChI=1S/C20H17BrFNO4/c1-27-11-10-23-17(12-4-8-15(22)9-5-12)16(19(25)20(23)26)18(24)13-2-6-14(21)7-3-13/h2-9,17,24H,10-11H2,1H3/b18-16-. The third kappa shape index (κ3) is 3.79. The maximum atomic E-state index is 13.4. The van der Waals surface area contributed by atoms with Crippen LogP contribution < -0.4 is 0 Å². The lowest BCUT2D eigenvalue weighted by Gasteiger charge is -2.25. The minimum atomic E-state index is -0.815. The van der Waals surface area contributed by atoms with Crippen LogP contribution in [0, 0.1) is 5.82 Å². The molecule has 1 heterocycles. The number of amides is 1. The van der Waals surface area contributed by atoms with Crippen LogP contribution in [0.1, 0.15) is 17.2 Å². The molecule has 1 saturated heterocycles. The number of carbonyl (C=O) groups excluding carboxylic acids is 2. The molecular formula is C20H17BrFNO4. The van der Waals surface area contributed by atoms with E-state index in [-0.39, 0.29) is 24.5 Å². The Hall–Kier alpha value is -2.51. The van der Waals surface area contributed by atoms with Crippen molar-refractivity contribution in [2.45, 2.75) is 6.04 Å². The maximum absolute atomic E-state index is 13.4. The van der Waals surface area contributed by atoms with Crippen LogP contribution in [0.25, 0.3) is 5.76 Å². The van der Waals surface area contributed by atoms with E-state index in [1.807, 2.05) is 0 Å². The van der Waals surface area contributed by atoms with E-state index in [1.54, 1.807) is 24.3 Å². The first-order valence-corrected chi connectivity index (χ1v) is 9.02. The van der Waals surface area contributed by atoms with Crippen LogP contribution in [0.5, 0.6) is 0 Å². The molecule has 5 nitrogen and oxygen atoms in total. The van der Waals surface area contributed by atoms with Gasteiger partial charge in [0.05, 0.1) is 18.2 Å². The highest BCUT2D eigenvalue weighted by Gasteiger charge is 2.45. The van der Waals surface area contributed by atoms with Gasteiger partial charge in [-0.2, -0.15) is 0 Å². The second-order valence-corrected chi connectivity index (χ2v) is 6.96. The summed E-state index contributed by atoms with van der Waals surface area (Å²) in [6.07, 6.45) is 0. The van der Waals surface area contributed by atoms with Crippen molar-refractivity contribution < 1.29 is 23.8 Å². The van der Waals surface area contributed by atoms with Gasteiger partial charge in [-0.15, -0.1) is 0 Å². The number of aliphatic hydroxyl groups is 1. The number of nitrogens with zero attached hydrogens (tertiary/aromatic N) is 1. The molecule has 1 aliphatic rings. The fourth-order valence-electron chi connectivity index (χ4n) is 3.06. The summed E-state index contributed by atoms with van der Waals surface area (Å²) < 4.78 is 19.2. The summed E-state index contributed by atoms with van der Waals surface area (Å²) in [4.78, 5) is 26.6. The van der Waals surface area contributed by atoms with E-state index >= 15 is 0 Å². The van der Waals surface area contributed by atoms with Crippen molar-refractivity contribution in [3.8, 4) is 0 Å². The summed E-state index contributed by atoms with van der Waals surface area (Å²) in [5.41, 5.74) is 0.922. The topological polar surface area (TPSA) is 66.8 Å². The molecule has 1 N–H and O–H groups in total. The number of hydrogen-bond acceptors (Lipinski definition) is 4. The molecule has 3 rings (SSSR count). The van der Waals surface area contributed by atoms with Crippen molar-refractivity contribution in [1.29, 1.82) is 0 Å². The Balaban J connectivity index is 2.14. The van der Waals surface area contributed by atoms with Gasteiger partial charge in [0.25, 0.3) is 11.7 Å². The molecule has 0 bridgehead atoms. The third-order valence-electron chi connectivity index (χ3n) is 4.38. The number of rotatable bonds is 5. The lowest BCUT2D eigenvalue weighted by molar-refractivity contribution is -0.140. The average molecular weight is 434 g/mol. The van der Waals surface area contributed by atoms with Gasteiger partial charge >= 0.3 is 0 Å². The summed E-state index contributed by atoms with van der Waals surface area (Å²) in [7, 11) is 1.49. The molecule has 2 aromatic carbocycles. The Morgan fingerprint density at radius 3 is 2.37 bits per heavy atom. The first kappa shape index (κ1) is 19.3. The molecular weight excluding hydrogens is 417 g/mol. The average Bonchev–Trinajstić information content (AvgIpc) is 2.91. The highest BCUT2D eigenvalue weighted by atomic mass is 79.9. The quantitative estimate of drug-likeness (QED) is 0.443. The number of methoxy groups -OCH3 is 1. The Morgan fingerprint density at radius 1 is 1.15 bits per heavy atom. The minimum Gasteiger partial charge on any atom is -0.507 e. The highest BCUT2D eigenvalue weighted by Crippen LogP contribution is 2.39. The van der Waals surface area contributed by atoms with Crippen LogP contribution in [-0.2, 0) is 14.3 Å². The second-order valence-electron chi connectivity index (χ2n) is 6.04. The predicted octanol–water partition coefficient (Wildman–Crippen LogP) is 3.66. The number of halogens is 2. The zero-order valence-corrected chi connectivity index (χ0v) is 16.1.